The summed E-state index contributed by atoms with van der Waals surface area (Å²) in [4.78, 5) is 11.4. The van der Waals surface area contributed by atoms with Gasteiger partial charge in [-0.3, -0.25) is 4.79 Å². The minimum atomic E-state index is -1.57. The fourth-order valence-electron chi connectivity index (χ4n) is 1.23. The third-order valence-corrected chi connectivity index (χ3v) is 2.08. The molecule has 0 atom stereocenters. The van der Waals surface area contributed by atoms with Gasteiger partial charge in [0.2, 0.25) is 0 Å². The Morgan fingerprint density at radius 2 is 1.72 bits per heavy atom. The van der Waals surface area contributed by atoms with Crippen molar-refractivity contribution in [2.24, 2.45) is 0 Å². The second kappa shape index (κ2) is 7.94. The van der Waals surface area contributed by atoms with E-state index in [0.29, 0.717) is 25.2 Å². The van der Waals surface area contributed by atoms with Crippen LogP contribution in [0, 0.1) is 17.5 Å². The van der Waals surface area contributed by atoms with E-state index in [2.05, 4.69) is 10.6 Å². The molecule has 1 amide bonds. The van der Waals surface area contributed by atoms with Gasteiger partial charge in [0.25, 0.3) is 5.91 Å². The second-order valence-corrected chi connectivity index (χ2v) is 3.36. The van der Waals surface area contributed by atoms with Gasteiger partial charge in [-0.1, -0.05) is 6.92 Å². The van der Waals surface area contributed by atoms with Gasteiger partial charge in [0.1, 0.15) is 0 Å². The van der Waals surface area contributed by atoms with Gasteiger partial charge in [-0.2, -0.15) is 0 Å². The number of benzene rings is 1. The molecule has 1 aromatic carbocycles. The van der Waals surface area contributed by atoms with Crippen LogP contribution >= 0.6 is 12.4 Å². The topological polar surface area (TPSA) is 41.1 Å². The lowest BCUT2D eigenvalue weighted by atomic mass is 10.2. The van der Waals surface area contributed by atoms with Crippen molar-refractivity contribution >= 4 is 18.3 Å². The Hall–Kier alpha value is -1.27. The zero-order valence-electron chi connectivity index (χ0n) is 9.73. The largest absolute Gasteiger partial charge is 0.351 e. The normalized spacial score (nSPS) is 9.78. The summed E-state index contributed by atoms with van der Waals surface area (Å²) < 4.78 is 38.3. The Labute approximate surface area is 109 Å². The van der Waals surface area contributed by atoms with Crippen molar-refractivity contribution in [3.8, 4) is 0 Å². The van der Waals surface area contributed by atoms with Crippen molar-refractivity contribution in [1.29, 1.82) is 0 Å². The van der Waals surface area contributed by atoms with Gasteiger partial charge in [0, 0.05) is 18.7 Å². The summed E-state index contributed by atoms with van der Waals surface area (Å²) in [6.45, 7) is 3.55. The zero-order valence-corrected chi connectivity index (χ0v) is 10.5. The van der Waals surface area contributed by atoms with Gasteiger partial charge in [-0.25, -0.2) is 13.2 Å². The van der Waals surface area contributed by atoms with Gasteiger partial charge in [0.15, 0.2) is 17.5 Å². The molecule has 0 saturated carbocycles. The summed E-state index contributed by atoms with van der Waals surface area (Å²) in [7, 11) is 0. The van der Waals surface area contributed by atoms with Crippen LogP contribution in [0.5, 0.6) is 0 Å². The van der Waals surface area contributed by atoms with Crippen LogP contribution in [0.4, 0.5) is 13.2 Å². The molecule has 0 aliphatic heterocycles. The number of carbonyl (C=O) groups excluding carboxylic acids is 1. The number of carbonyl (C=O) groups is 1. The molecule has 2 N–H and O–H groups in total. The van der Waals surface area contributed by atoms with Crippen molar-refractivity contribution in [2.45, 2.75) is 6.92 Å². The number of nitrogens with one attached hydrogen (secondary N) is 2. The van der Waals surface area contributed by atoms with Crippen LogP contribution in [0.2, 0.25) is 0 Å². The molecule has 0 heterocycles. The molecule has 3 nitrogen and oxygen atoms in total. The summed E-state index contributed by atoms with van der Waals surface area (Å²) in [5.74, 6) is -4.96. The van der Waals surface area contributed by atoms with Gasteiger partial charge < -0.3 is 10.6 Å². The van der Waals surface area contributed by atoms with Crippen molar-refractivity contribution in [1.82, 2.24) is 10.6 Å². The molecule has 1 rings (SSSR count). The predicted octanol–water partition coefficient (Wildman–Crippen LogP) is 1.86. The third kappa shape index (κ3) is 4.54. The maximum Gasteiger partial charge on any atom is 0.251 e. The van der Waals surface area contributed by atoms with E-state index in [9.17, 15) is 18.0 Å². The lowest BCUT2D eigenvalue weighted by Gasteiger charge is -2.06. The fraction of sp³-hybridized carbons (Fsp3) is 0.364. The average molecular weight is 283 g/mol. The first kappa shape index (κ1) is 16.7. The molecular weight excluding hydrogens is 269 g/mol. The number of halogens is 4. The zero-order chi connectivity index (χ0) is 12.8. The van der Waals surface area contributed by atoms with E-state index in [1.165, 1.54) is 0 Å². The monoisotopic (exact) mass is 282 g/mol. The van der Waals surface area contributed by atoms with Crippen molar-refractivity contribution in [2.75, 3.05) is 19.6 Å². The van der Waals surface area contributed by atoms with Gasteiger partial charge in [-0.15, -0.1) is 12.4 Å². The Bertz CT molecular complexity index is 392. The van der Waals surface area contributed by atoms with Crippen molar-refractivity contribution in [3.05, 3.63) is 35.1 Å². The molecule has 18 heavy (non-hydrogen) atoms. The first-order valence-corrected chi connectivity index (χ1v) is 5.19. The number of hydrogen-bond acceptors (Lipinski definition) is 2. The summed E-state index contributed by atoms with van der Waals surface area (Å²) >= 11 is 0. The predicted molar refractivity (Wildman–Crippen MR) is 64.4 cm³/mol. The van der Waals surface area contributed by atoms with Crippen LogP contribution in [-0.4, -0.2) is 25.5 Å². The molecule has 0 saturated heterocycles. The molecule has 0 bridgehead atoms. The molecule has 0 aromatic heterocycles. The van der Waals surface area contributed by atoms with Gasteiger partial charge in [0.05, 0.1) is 0 Å². The smallest absolute Gasteiger partial charge is 0.251 e. The third-order valence-electron chi connectivity index (χ3n) is 2.08. The molecule has 102 valence electrons. The highest BCUT2D eigenvalue weighted by molar-refractivity contribution is 5.94. The number of amides is 1. The molecule has 0 unspecified atom stereocenters. The van der Waals surface area contributed by atoms with E-state index in [4.69, 9.17) is 0 Å². The van der Waals surface area contributed by atoms with E-state index in [-0.39, 0.29) is 18.0 Å². The molecule has 0 fully saturated rings. The quantitative estimate of drug-likeness (QED) is 0.639. The highest BCUT2D eigenvalue weighted by Crippen LogP contribution is 2.13. The van der Waals surface area contributed by atoms with Gasteiger partial charge in [-0.05, 0) is 18.7 Å². The highest BCUT2D eigenvalue weighted by Gasteiger charge is 2.14. The lowest BCUT2D eigenvalue weighted by Crippen LogP contribution is -2.31. The Balaban J connectivity index is 0.00000289. The maximum atomic E-state index is 12.8. The standard InChI is InChI=1S/C11H13F3N2O.ClH/c1-2-15-3-4-16-11(17)7-5-8(12)10(14)9(13)6-7;/h5-6,15H,2-4H2,1H3,(H,16,17);1H. The Kier molecular flexibility index (Phi) is 7.38. The van der Waals surface area contributed by atoms with Crippen LogP contribution in [0.25, 0.3) is 0 Å². The van der Waals surface area contributed by atoms with Crippen LogP contribution in [-0.2, 0) is 0 Å². The van der Waals surface area contributed by atoms with Crippen LogP contribution in [0.15, 0.2) is 12.1 Å². The maximum absolute atomic E-state index is 12.8. The van der Waals surface area contributed by atoms with E-state index < -0.39 is 23.4 Å². The van der Waals surface area contributed by atoms with Crippen molar-refractivity contribution < 1.29 is 18.0 Å². The van der Waals surface area contributed by atoms with Crippen LogP contribution in [0.1, 0.15) is 17.3 Å². The summed E-state index contributed by atoms with van der Waals surface area (Å²) in [5.41, 5.74) is -0.238. The highest BCUT2D eigenvalue weighted by atomic mass is 35.5. The molecule has 1 aromatic rings. The van der Waals surface area contributed by atoms with E-state index >= 15 is 0 Å². The van der Waals surface area contributed by atoms with Crippen LogP contribution < -0.4 is 10.6 Å². The minimum absolute atomic E-state index is 0. The Morgan fingerprint density at radius 1 is 1.17 bits per heavy atom. The number of likely N-dealkylation sites (N-methyl/N-ethyl adjacent to an activating group) is 1. The summed E-state index contributed by atoms with van der Waals surface area (Å²) in [6.07, 6.45) is 0. The molecule has 7 heteroatoms. The van der Waals surface area contributed by atoms with E-state index in [0.717, 1.165) is 6.54 Å². The van der Waals surface area contributed by atoms with E-state index in [1.54, 1.807) is 0 Å². The molecule has 0 aliphatic carbocycles. The first-order valence-electron chi connectivity index (χ1n) is 5.19. The lowest BCUT2D eigenvalue weighted by molar-refractivity contribution is 0.0953. The minimum Gasteiger partial charge on any atom is -0.351 e. The number of hydrogen-bond donors (Lipinski definition) is 2. The summed E-state index contributed by atoms with van der Waals surface area (Å²) in [5, 5.41) is 5.41. The van der Waals surface area contributed by atoms with Gasteiger partial charge >= 0.3 is 0 Å². The molecule has 0 radical (unpaired) electrons. The Morgan fingerprint density at radius 3 is 2.22 bits per heavy atom. The molecule has 0 aliphatic rings. The van der Waals surface area contributed by atoms with Crippen LogP contribution in [0.3, 0.4) is 0 Å². The van der Waals surface area contributed by atoms with Crippen molar-refractivity contribution in [3.63, 3.8) is 0 Å². The fourth-order valence-corrected chi connectivity index (χ4v) is 1.23. The second-order valence-electron chi connectivity index (χ2n) is 3.36. The van der Waals surface area contributed by atoms with E-state index in [1.807, 2.05) is 6.92 Å². The number of rotatable bonds is 5. The SMILES string of the molecule is CCNCCNC(=O)c1cc(F)c(F)c(F)c1.Cl. The average Bonchev–Trinajstić information content (AvgIpc) is 2.30. The first-order chi connectivity index (χ1) is 8.06. The molecular formula is C11H14ClF3N2O. The molecule has 0 spiro atoms. The summed E-state index contributed by atoms with van der Waals surface area (Å²) in [6, 6.07) is 1.34.